The van der Waals surface area contributed by atoms with E-state index in [-0.39, 0.29) is 5.82 Å². The van der Waals surface area contributed by atoms with Crippen molar-refractivity contribution in [2.75, 3.05) is 0 Å². The molecule has 0 unspecified atom stereocenters. The Hall–Kier alpha value is -0.930. The van der Waals surface area contributed by atoms with Gasteiger partial charge < -0.3 is 4.98 Å². The molecule has 0 spiro atoms. The average molecular weight is 160 g/mol. The van der Waals surface area contributed by atoms with Crippen LogP contribution in [0.1, 0.15) is 19.7 Å². The minimum absolute atomic E-state index is 0.257. The van der Waals surface area contributed by atoms with Crippen LogP contribution in [0.2, 0.25) is 0 Å². The topological polar surface area (TPSA) is 28.7 Å². The number of rotatable bonds is 2. The van der Waals surface area contributed by atoms with Gasteiger partial charge in [-0.25, -0.2) is 4.98 Å². The van der Waals surface area contributed by atoms with Crippen LogP contribution >= 0.6 is 0 Å². The summed E-state index contributed by atoms with van der Waals surface area (Å²) in [7, 11) is 0. The minimum atomic E-state index is -2.84. The second-order valence-electron chi connectivity index (χ2n) is 2.72. The fraction of sp³-hybridized carbons (Fsp3) is 0.571. The molecule has 1 rings (SSSR count). The van der Waals surface area contributed by atoms with Crippen molar-refractivity contribution in [3.05, 3.63) is 18.2 Å². The standard InChI is InChI=1S/C7H10F2N2/c1-5(2)7(8,9)6-10-3-4-11-6/h3-5H,1-2H3,(H,10,11). The number of halogens is 2. The first kappa shape index (κ1) is 8.17. The van der Waals surface area contributed by atoms with Crippen LogP contribution in [0.25, 0.3) is 0 Å². The lowest BCUT2D eigenvalue weighted by Crippen LogP contribution is -2.22. The summed E-state index contributed by atoms with van der Waals surface area (Å²) in [6.45, 7) is 2.92. The summed E-state index contributed by atoms with van der Waals surface area (Å²) in [5.74, 6) is -3.83. The van der Waals surface area contributed by atoms with Crippen LogP contribution in [0.5, 0.6) is 0 Å². The number of aromatic nitrogens is 2. The van der Waals surface area contributed by atoms with Crippen molar-refractivity contribution in [3.8, 4) is 0 Å². The van der Waals surface area contributed by atoms with Crippen molar-refractivity contribution in [2.24, 2.45) is 5.92 Å². The second-order valence-corrected chi connectivity index (χ2v) is 2.72. The summed E-state index contributed by atoms with van der Waals surface area (Å²) < 4.78 is 26.0. The Labute approximate surface area is 63.7 Å². The quantitative estimate of drug-likeness (QED) is 0.705. The van der Waals surface area contributed by atoms with Gasteiger partial charge in [-0.1, -0.05) is 13.8 Å². The molecule has 0 bridgehead atoms. The minimum Gasteiger partial charge on any atom is -0.344 e. The Morgan fingerprint density at radius 1 is 1.55 bits per heavy atom. The highest BCUT2D eigenvalue weighted by Gasteiger charge is 2.37. The summed E-state index contributed by atoms with van der Waals surface area (Å²) in [5, 5.41) is 0. The predicted octanol–water partition coefficient (Wildman–Crippen LogP) is 2.16. The van der Waals surface area contributed by atoms with E-state index in [1.165, 1.54) is 26.2 Å². The molecule has 62 valence electrons. The number of imidazole rings is 1. The maximum atomic E-state index is 13.0. The molecular weight excluding hydrogens is 150 g/mol. The molecule has 1 heterocycles. The Balaban J connectivity index is 2.90. The summed E-state index contributed by atoms with van der Waals surface area (Å²) in [4.78, 5) is 5.90. The highest BCUT2D eigenvalue weighted by Crippen LogP contribution is 2.32. The smallest absolute Gasteiger partial charge is 0.306 e. The van der Waals surface area contributed by atoms with Crippen LogP contribution in [0.3, 0.4) is 0 Å². The van der Waals surface area contributed by atoms with Gasteiger partial charge >= 0.3 is 5.92 Å². The molecule has 4 heteroatoms. The zero-order valence-electron chi connectivity index (χ0n) is 6.44. The summed E-state index contributed by atoms with van der Waals surface area (Å²) >= 11 is 0. The molecule has 1 aromatic rings. The van der Waals surface area contributed by atoms with E-state index in [1.807, 2.05) is 0 Å². The van der Waals surface area contributed by atoms with E-state index in [2.05, 4.69) is 9.97 Å². The zero-order valence-corrected chi connectivity index (χ0v) is 6.44. The molecule has 0 aliphatic rings. The fourth-order valence-corrected chi connectivity index (χ4v) is 0.721. The van der Waals surface area contributed by atoms with Crippen LogP contribution in [0, 0.1) is 5.92 Å². The molecule has 0 radical (unpaired) electrons. The third-order valence-electron chi connectivity index (χ3n) is 1.54. The van der Waals surface area contributed by atoms with Crippen molar-refractivity contribution < 1.29 is 8.78 Å². The van der Waals surface area contributed by atoms with Crippen LogP contribution in [0.4, 0.5) is 8.78 Å². The molecule has 2 nitrogen and oxygen atoms in total. The van der Waals surface area contributed by atoms with Crippen LogP contribution < -0.4 is 0 Å². The number of nitrogens with zero attached hydrogens (tertiary/aromatic N) is 1. The summed E-state index contributed by atoms with van der Waals surface area (Å²) in [6, 6.07) is 0. The summed E-state index contributed by atoms with van der Waals surface area (Å²) in [5.41, 5.74) is 0. The van der Waals surface area contributed by atoms with Crippen molar-refractivity contribution in [1.29, 1.82) is 0 Å². The molecule has 11 heavy (non-hydrogen) atoms. The molecule has 1 aromatic heterocycles. The van der Waals surface area contributed by atoms with Crippen molar-refractivity contribution in [1.82, 2.24) is 9.97 Å². The number of hydrogen-bond acceptors (Lipinski definition) is 1. The van der Waals surface area contributed by atoms with E-state index < -0.39 is 11.8 Å². The van der Waals surface area contributed by atoms with E-state index in [0.717, 1.165) is 0 Å². The maximum absolute atomic E-state index is 13.0. The first-order valence-electron chi connectivity index (χ1n) is 3.43. The van der Waals surface area contributed by atoms with E-state index in [4.69, 9.17) is 0 Å². The number of aromatic amines is 1. The SMILES string of the molecule is CC(C)C(F)(F)c1ncc[nH]1. The van der Waals surface area contributed by atoms with E-state index in [0.29, 0.717) is 0 Å². The van der Waals surface area contributed by atoms with Gasteiger partial charge in [0, 0.05) is 18.3 Å². The van der Waals surface area contributed by atoms with Gasteiger partial charge in [0.25, 0.3) is 0 Å². The number of alkyl halides is 2. The lowest BCUT2D eigenvalue weighted by atomic mass is 10.1. The molecule has 0 aliphatic carbocycles. The van der Waals surface area contributed by atoms with E-state index >= 15 is 0 Å². The molecule has 0 aliphatic heterocycles. The molecule has 0 saturated heterocycles. The molecule has 0 atom stereocenters. The van der Waals surface area contributed by atoms with Gasteiger partial charge in [-0.05, 0) is 0 Å². The maximum Gasteiger partial charge on any atom is 0.306 e. The Morgan fingerprint density at radius 2 is 2.18 bits per heavy atom. The van der Waals surface area contributed by atoms with E-state index in [9.17, 15) is 8.78 Å². The van der Waals surface area contributed by atoms with Gasteiger partial charge in [0.2, 0.25) is 0 Å². The lowest BCUT2D eigenvalue weighted by Gasteiger charge is -2.16. The predicted molar refractivity (Wildman–Crippen MR) is 37.3 cm³/mol. The monoisotopic (exact) mass is 160 g/mol. The Bertz CT molecular complexity index is 216. The molecule has 0 fully saturated rings. The number of nitrogens with one attached hydrogen (secondary N) is 1. The van der Waals surface area contributed by atoms with Gasteiger partial charge in [0.1, 0.15) is 0 Å². The largest absolute Gasteiger partial charge is 0.344 e. The van der Waals surface area contributed by atoms with Crippen molar-refractivity contribution >= 4 is 0 Å². The van der Waals surface area contributed by atoms with Gasteiger partial charge in [-0.2, -0.15) is 8.78 Å². The highest BCUT2D eigenvalue weighted by molar-refractivity contribution is 4.97. The zero-order chi connectivity index (χ0) is 8.48. The third-order valence-corrected chi connectivity index (χ3v) is 1.54. The average Bonchev–Trinajstić information content (AvgIpc) is 2.37. The number of H-pyrrole nitrogens is 1. The van der Waals surface area contributed by atoms with Crippen LogP contribution in [0.15, 0.2) is 12.4 Å². The first-order chi connectivity index (χ1) is 5.05. The lowest BCUT2D eigenvalue weighted by molar-refractivity contribution is -0.0590. The van der Waals surface area contributed by atoms with Gasteiger partial charge in [-0.3, -0.25) is 0 Å². The summed E-state index contributed by atoms with van der Waals surface area (Å²) in [6.07, 6.45) is 2.72. The van der Waals surface area contributed by atoms with Crippen LogP contribution in [-0.2, 0) is 5.92 Å². The number of hydrogen-bond donors (Lipinski definition) is 1. The highest BCUT2D eigenvalue weighted by atomic mass is 19.3. The van der Waals surface area contributed by atoms with Crippen molar-refractivity contribution in [2.45, 2.75) is 19.8 Å². The van der Waals surface area contributed by atoms with Crippen LogP contribution in [-0.4, -0.2) is 9.97 Å². The Morgan fingerprint density at radius 3 is 2.55 bits per heavy atom. The first-order valence-corrected chi connectivity index (χ1v) is 3.43. The molecular formula is C7H10F2N2. The van der Waals surface area contributed by atoms with Gasteiger partial charge in [-0.15, -0.1) is 0 Å². The normalized spacial score (nSPS) is 12.5. The van der Waals surface area contributed by atoms with E-state index in [1.54, 1.807) is 0 Å². The van der Waals surface area contributed by atoms with Gasteiger partial charge in [0.15, 0.2) is 5.82 Å². The molecule has 0 amide bonds. The molecule has 1 N–H and O–H groups in total. The molecule has 0 saturated carbocycles. The molecule has 0 aromatic carbocycles. The second kappa shape index (κ2) is 2.60. The van der Waals surface area contributed by atoms with Gasteiger partial charge in [0.05, 0.1) is 0 Å². The van der Waals surface area contributed by atoms with Crippen molar-refractivity contribution in [3.63, 3.8) is 0 Å². The third kappa shape index (κ3) is 1.39. The Kier molecular flexibility index (Phi) is 1.93. The fourth-order valence-electron chi connectivity index (χ4n) is 0.721.